The van der Waals surface area contributed by atoms with Crippen LogP contribution in [0.25, 0.3) is 10.6 Å². The standard InChI is InChI=1S/C12H15N3O3S/c1-18-5-4-13-7-11-14-15-12(19-11)8-2-3-9(16)10(17)6-8/h2-3,6,13,16-17H,4-5,7H2,1H3. The molecule has 2 aromatic rings. The summed E-state index contributed by atoms with van der Waals surface area (Å²) in [7, 11) is 1.65. The van der Waals surface area contributed by atoms with Crippen molar-refractivity contribution in [1.29, 1.82) is 0 Å². The molecule has 0 aliphatic heterocycles. The van der Waals surface area contributed by atoms with Crippen molar-refractivity contribution in [1.82, 2.24) is 15.5 Å². The maximum absolute atomic E-state index is 9.45. The molecule has 0 amide bonds. The lowest BCUT2D eigenvalue weighted by Gasteiger charge is -2.00. The Labute approximate surface area is 114 Å². The number of benzene rings is 1. The molecule has 0 bridgehead atoms. The Morgan fingerprint density at radius 1 is 1.26 bits per heavy atom. The Morgan fingerprint density at radius 2 is 2.11 bits per heavy atom. The third-order valence-corrected chi connectivity index (χ3v) is 3.42. The largest absolute Gasteiger partial charge is 0.504 e. The Hall–Kier alpha value is -1.70. The summed E-state index contributed by atoms with van der Waals surface area (Å²) in [4.78, 5) is 0. The van der Waals surface area contributed by atoms with Crippen LogP contribution in [0.4, 0.5) is 0 Å². The van der Waals surface area contributed by atoms with Gasteiger partial charge < -0.3 is 20.3 Å². The Bertz CT molecular complexity index is 545. The normalized spacial score (nSPS) is 10.8. The van der Waals surface area contributed by atoms with Crippen molar-refractivity contribution >= 4 is 11.3 Å². The van der Waals surface area contributed by atoms with Crippen molar-refractivity contribution in [2.24, 2.45) is 0 Å². The molecule has 6 nitrogen and oxygen atoms in total. The molecule has 0 unspecified atom stereocenters. The summed E-state index contributed by atoms with van der Waals surface area (Å²) in [5, 5.41) is 31.6. The van der Waals surface area contributed by atoms with Crippen molar-refractivity contribution < 1.29 is 14.9 Å². The van der Waals surface area contributed by atoms with Crippen LogP contribution in [-0.4, -0.2) is 40.7 Å². The monoisotopic (exact) mass is 281 g/mol. The quantitative estimate of drug-likeness (QED) is 0.547. The average Bonchev–Trinajstić information content (AvgIpc) is 2.87. The molecule has 0 fully saturated rings. The Kier molecular flexibility index (Phi) is 4.67. The molecular weight excluding hydrogens is 266 g/mol. The molecule has 0 aliphatic carbocycles. The van der Waals surface area contributed by atoms with Crippen molar-refractivity contribution in [2.45, 2.75) is 6.54 Å². The molecule has 2 rings (SSSR count). The molecule has 19 heavy (non-hydrogen) atoms. The van der Waals surface area contributed by atoms with Gasteiger partial charge in [0.15, 0.2) is 11.5 Å². The van der Waals surface area contributed by atoms with Crippen LogP contribution in [0.1, 0.15) is 5.01 Å². The first-order valence-electron chi connectivity index (χ1n) is 5.75. The highest BCUT2D eigenvalue weighted by Gasteiger charge is 2.08. The summed E-state index contributed by atoms with van der Waals surface area (Å²) in [6.45, 7) is 2.04. The summed E-state index contributed by atoms with van der Waals surface area (Å²) >= 11 is 1.44. The van der Waals surface area contributed by atoms with Crippen LogP contribution in [0.5, 0.6) is 11.5 Å². The molecule has 1 heterocycles. The van der Waals surface area contributed by atoms with Gasteiger partial charge in [-0.2, -0.15) is 0 Å². The fraction of sp³-hybridized carbons (Fsp3) is 0.333. The summed E-state index contributed by atoms with van der Waals surface area (Å²) in [6.07, 6.45) is 0. The Morgan fingerprint density at radius 3 is 2.84 bits per heavy atom. The van der Waals surface area contributed by atoms with E-state index in [1.807, 2.05) is 0 Å². The van der Waals surface area contributed by atoms with E-state index < -0.39 is 0 Å². The van der Waals surface area contributed by atoms with E-state index in [2.05, 4.69) is 15.5 Å². The average molecular weight is 281 g/mol. The molecule has 0 aliphatic rings. The van der Waals surface area contributed by atoms with Gasteiger partial charge in [0, 0.05) is 25.8 Å². The van der Waals surface area contributed by atoms with E-state index in [0.717, 1.165) is 17.1 Å². The third-order valence-electron chi connectivity index (χ3n) is 2.45. The number of methoxy groups -OCH3 is 1. The van der Waals surface area contributed by atoms with Crippen LogP contribution in [0.2, 0.25) is 0 Å². The van der Waals surface area contributed by atoms with Crippen molar-refractivity contribution in [3.8, 4) is 22.1 Å². The van der Waals surface area contributed by atoms with Gasteiger partial charge in [0.1, 0.15) is 10.0 Å². The lowest BCUT2D eigenvalue weighted by atomic mass is 10.2. The minimum absolute atomic E-state index is 0.144. The molecule has 102 valence electrons. The minimum Gasteiger partial charge on any atom is -0.504 e. The highest BCUT2D eigenvalue weighted by atomic mass is 32.1. The first-order valence-corrected chi connectivity index (χ1v) is 6.56. The van der Waals surface area contributed by atoms with E-state index in [-0.39, 0.29) is 11.5 Å². The van der Waals surface area contributed by atoms with E-state index >= 15 is 0 Å². The van der Waals surface area contributed by atoms with Crippen LogP contribution in [0, 0.1) is 0 Å². The number of phenolic OH excluding ortho intramolecular Hbond substituents is 2. The first kappa shape index (κ1) is 13.7. The maximum Gasteiger partial charge on any atom is 0.158 e. The van der Waals surface area contributed by atoms with Crippen LogP contribution in [0.15, 0.2) is 18.2 Å². The summed E-state index contributed by atoms with van der Waals surface area (Å²) in [5.41, 5.74) is 0.732. The molecule has 0 atom stereocenters. The number of rotatable bonds is 6. The van der Waals surface area contributed by atoms with E-state index in [1.165, 1.54) is 23.5 Å². The minimum atomic E-state index is -0.160. The smallest absolute Gasteiger partial charge is 0.158 e. The predicted molar refractivity (Wildman–Crippen MR) is 72.3 cm³/mol. The molecule has 1 aromatic carbocycles. The number of phenols is 2. The number of nitrogens with one attached hydrogen (secondary N) is 1. The number of nitrogens with zero attached hydrogens (tertiary/aromatic N) is 2. The molecular formula is C12H15N3O3S. The molecule has 0 radical (unpaired) electrons. The maximum atomic E-state index is 9.45. The predicted octanol–water partition coefficient (Wildman–Crippen LogP) is 1.35. The van der Waals surface area contributed by atoms with Gasteiger partial charge in [-0.25, -0.2) is 0 Å². The zero-order valence-electron chi connectivity index (χ0n) is 10.5. The molecule has 0 saturated heterocycles. The van der Waals surface area contributed by atoms with Gasteiger partial charge in [-0.3, -0.25) is 0 Å². The van der Waals surface area contributed by atoms with Crippen LogP contribution >= 0.6 is 11.3 Å². The van der Waals surface area contributed by atoms with Gasteiger partial charge >= 0.3 is 0 Å². The molecule has 3 N–H and O–H groups in total. The van der Waals surface area contributed by atoms with Crippen LogP contribution in [-0.2, 0) is 11.3 Å². The van der Waals surface area contributed by atoms with Gasteiger partial charge in [0.2, 0.25) is 0 Å². The second kappa shape index (κ2) is 6.46. The fourth-order valence-corrected chi connectivity index (χ4v) is 2.27. The summed E-state index contributed by atoms with van der Waals surface area (Å²) < 4.78 is 4.93. The summed E-state index contributed by atoms with van der Waals surface area (Å²) in [5.74, 6) is -0.304. The molecule has 1 aromatic heterocycles. The molecule has 0 saturated carbocycles. The highest BCUT2D eigenvalue weighted by Crippen LogP contribution is 2.31. The SMILES string of the molecule is COCCNCc1nnc(-c2ccc(O)c(O)c2)s1. The zero-order valence-corrected chi connectivity index (χ0v) is 11.3. The Balaban J connectivity index is 2.01. The lowest BCUT2D eigenvalue weighted by Crippen LogP contribution is -2.18. The van der Waals surface area contributed by atoms with Gasteiger partial charge in [-0.05, 0) is 18.2 Å². The topological polar surface area (TPSA) is 87.5 Å². The third kappa shape index (κ3) is 3.63. The lowest BCUT2D eigenvalue weighted by molar-refractivity contribution is 0.199. The number of hydrogen-bond acceptors (Lipinski definition) is 7. The second-order valence-electron chi connectivity index (χ2n) is 3.87. The number of hydrogen-bond donors (Lipinski definition) is 3. The van der Waals surface area contributed by atoms with Crippen LogP contribution < -0.4 is 5.32 Å². The first-order chi connectivity index (χ1) is 9.20. The number of ether oxygens (including phenoxy) is 1. The van der Waals surface area contributed by atoms with Gasteiger partial charge in [0.25, 0.3) is 0 Å². The number of aromatic nitrogens is 2. The zero-order chi connectivity index (χ0) is 13.7. The van der Waals surface area contributed by atoms with E-state index in [0.29, 0.717) is 18.2 Å². The highest BCUT2D eigenvalue weighted by molar-refractivity contribution is 7.14. The molecule has 7 heteroatoms. The van der Waals surface area contributed by atoms with E-state index in [1.54, 1.807) is 13.2 Å². The van der Waals surface area contributed by atoms with Crippen molar-refractivity contribution in [2.75, 3.05) is 20.3 Å². The van der Waals surface area contributed by atoms with Crippen LogP contribution in [0.3, 0.4) is 0 Å². The second-order valence-corrected chi connectivity index (χ2v) is 4.94. The van der Waals surface area contributed by atoms with Crippen molar-refractivity contribution in [3.63, 3.8) is 0 Å². The molecule has 0 spiro atoms. The van der Waals surface area contributed by atoms with Gasteiger partial charge in [0.05, 0.1) is 6.61 Å². The number of aromatic hydroxyl groups is 2. The van der Waals surface area contributed by atoms with Gasteiger partial charge in [-0.15, -0.1) is 10.2 Å². The van der Waals surface area contributed by atoms with Gasteiger partial charge in [-0.1, -0.05) is 11.3 Å². The fourth-order valence-electron chi connectivity index (χ4n) is 1.47. The summed E-state index contributed by atoms with van der Waals surface area (Å²) in [6, 6.07) is 4.60. The van der Waals surface area contributed by atoms with E-state index in [9.17, 15) is 10.2 Å². The van der Waals surface area contributed by atoms with Crippen molar-refractivity contribution in [3.05, 3.63) is 23.2 Å². The van der Waals surface area contributed by atoms with E-state index in [4.69, 9.17) is 4.74 Å².